The van der Waals surface area contributed by atoms with Crippen LogP contribution in [0.25, 0.3) is 0 Å². The van der Waals surface area contributed by atoms with Gasteiger partial charge in [-0.25, -0.2) is 4.79 Å². The van der Waals surface area contributed by atoms with E-state index in [1.54, 1.807) is 6.08 Å². The van der Waals surface area contributed by atoms with E-state index in [1.165, 1.54) is 4.90 Å². The molecule has 2 aliphatic heterocycles. The average Bonchev–Trinajstić information content (AvgIpc) is 3.03. The van der Waals surface area contributed by atoms with Gasteiger partial charge in [-0.3, -0.25) is 14.5 Å². The van der Waals surface area contributed by atoms with Crippen LogP contribution in [0.3, 0.4) is 0 Å². The third-order valence-electron chi connectivity index (χ3n) is 7.05. The summed E-state index contributed by atoms with van der Waals surface area (Å²) in [5.41, 5.74) is 1.22. The van der Waals surface area contributed by atoms with Gasteiger partial charge >= 0.3 is 6.03 Å². The van der Waals surface area contributed by atoms with Crippen LogP contribution >= 0.6 is 0 Å². The van der Waals surface area contributed by atoms with E-state index < -0.39 is 5.54 Å². The molecule has 4 amide bonds. The summed E-state index contributed by atoms with van der Waals surface area (Å²) in [7, 11) is 3.97. The van der Waals surface area contributed by atoms with Crippen LogP contribution in [0.2, 0.25) is 0 Å². The molecule has 0 spiro atoms. The van der Waals surface area contributed by atoms with Crippen LogP contribution in [0.4, 0.5) is 4.79 Å². The van der Waals surface area contributed by atoms with Crippen molar-refractivity contribution in [2.45, 2.75) is 52.0 Å². The van der Waals surface area contributed by atoms with E-state index in [1.807, 2.05) is 70.1 Å². The molecular weight excluding hydrogens is 428 g/mol. The Morgan fingerprint density at radius 2 is 1.88 bits per heavy atom. The van der Waals surface area contributed by atoms with Crippen molar-refractivity contribution in [2.75, 3.05) is 40.3 Å². The number of benzene rings is 1. The maximum absolute atomic E-state index is 13.9. The number of carbonyl (C=O) groups excluding carboxylic acids is 3. The molecule has 1 N–H and O–H groups in total. The Morgan fingerprint density at radius 1 is 1.21 bits per heavy atom. The fraction of sp³-hybridized carbons (Fsp3) is 0.593. The molecule has 3 rings (SSSR count). The second kappa shape index (κ2) is 11.2. The lowest BCUT2D eigenvalue weighted by molar-refractivity contribution is -0.134. The van der Waals surface area contributed by atoms with E-state index in [2.05, 4.69) is 10.2 Å². The zero-order valence-electron chi connectivity index (χ0n) is 21.3. The highest BCUT2D eigenvalue weighted by Crippen LogP contribution is 2.37. The lowest BCUT2D eigenvalue weighted by Gasteiger charge is -2.41. The molecule has 0 radical (unpaired) electrons. The van der Waals surface area contributed by atoms with Gasteiger partial charge in [0.15, 0.2) is 0 Å². The van der Waals surface area contributed by atoms with Crippen molar-refractivity contribution in [3.63, 3.8) is 0 Å². The van der Waals surface area contributed by atoms with E-state index in [9.17, 15) is 14.4 Å². The third-order valence-corrected chi connectivity index (χ3v) is 7.05. The van der Waals surface area contributed by atoms with Gasteiger partial charge in [-0.15, -0.1) is 0 Å². The molecule has 1 aromatic carbocycles. The van der Waals surface area contributed by atoms with Crippen LogP contribution < -0.4 is 5.32 Å². The first-order valence-electron chi connectivity index (χ1n) is 12.4. The monoisotopic (exact) mass is 468 g/mol. The fourth-order valence-corrected chi connectivity index (χ4v) is 5.02. The van der Waals surface area contributed by atoms with Crippen LogP contribution in [0.5, 0.6) is 0 Å². The molecule has 0 aliphatic carbocycles. The number of hydrogen-bond acceptors (Lipinski definition) is 4. The molecule has 0 unspecified atom stereocenters. The highest BCUT2D eigenvalue weighted by molar-refractivity contribution is 6.07. The number of nitrogens with one attached hydrogen (secondary N) is 1. The number of carbonyl (C=O) groups is 3. The SMILES string of the molecule is Cc1ccccc1C[C@@]1(C2CCN(C(=O)/C=C/C(C)C)CC2)NC(=O)N(CCCN(C)C)C1=O. The predicted molar refractivity (Wildman–Crippen MR) is 134 cm³/mol. The number of rotatable bonds is 9. The topological polar surface area (TPSA) is 73.0 Å². The maximum Gasteiger partial charge on any atom is 0.325 e. The Bertz CT molecular complexity index is 918. The number of likely N-dealkylation sites (tertiary alicyclic amines) is 1. The van der Waals surface area contributed by atoms with Gasteiger partial charge in [0.05, 0.1) is 0 Å². The highest BCUT2D eigenvalue weighted by Gasteiger charge is 2.55. The second-order valence-electron chi connectivity index (χ2n) is 10.3. The van der Waals surface area contributed by atoms with Crippen LogP contribution in [0, 0.1) is 18.8 Å². The third kappa shape index (κ3) is 5.87. The average molecular weight is 469 g/mol. The molecule has 1 aromatic rings. The lowest BCUT2D eigenvalue weighted by atomic mass is 9.73. The minimum absolute atomic E-state index is 0.0206. The molecule has 2 aliphatic rings. The number of hydrogen-bond donors (Lipinski definition) is 1. The zero-order chi connectivity index (χ0) is 24.9. The largest absolute Gasteiger partial charge is 0.339 e. The van der Waals surface area contributed by atoms with Gasteiger partial charge in [0, 0.05) is 26.1 Å². The molecule has 7 heteroatoms. The van der Waals surface area contributed by atoms with E-state index in [-0.39, 0.29) is 23.8 Å². The van der Waals surface area contributed by atoms with Gasteiger partial charge in [0.2, 0.25) is 5.91 Å². The Kier molecular flexibility index (Phi) is 8.52. The van der Waals surface area contributed by atoms with Crippen molar-refractivity contribution in [1.82, 2.24) is 20.0 Å². The molecule has 0 bridgehead atoms. The van der Waals surface area contributed by atoms with E-state index in [0.29, 0.717) is 44.8 Å². The smallest absolute Gasteiger partial charge is 0.325 e. The second-order valence-corrected chi connectivity index (χ2v) is 10.3. The first kappa shape index (κ1) is 25.9. The van der Waals surface area contributed by atoms with Gasteiger partial charge in [-0.1, -0.05) is 44.2 Å². The van der Waals surface area contributed by atoms with Crippen molar-refractivity contribution in [1.29, 1.82) is 0 Å². The van der Waals surface area contributed by atoms with Crippen molar-refractivity contribution in [3.05, 3.63) is 47.5 Å². The first-order chi connectivity index (χ1) is 16.1. The van der Waals surface area contributed by atoms with Crippen LogP contribution in [0.1, 0.15) is 44.2 Å². The standard InChI is InChI=1S/C27H40N4O3/c1-20(2)11-12-24(32)30-17-13-23(14-18-30)27(19-22-10-7-6-9-21(22)3)25(33)31(26(34)28-27)16-8-15-29(4)5/h6-7,9-12,20,23H,8,13-19H2,1-5H3,(H,28,34)/b12-11+/t27-/m0/s1. The predicted octanol–water partition coefficient (Wildman–Crippen LogP) is 3.23. The first-order valence-corrected chi connectivity index (χ1v) is 12.4. The number of imide groups is 1. The summed E-state index contributed by atoms with van der Waals surface area (Å²) >= 11 is 0. The fourth-order valence-electron chi connectivity index (χ4n) is 5.02. The number of aryl methyl sites for hydroxylation is 1. The molecule has 2 fully saturated rings. The van der Waals surface area contributed by atoms with E-state index >= 15 is 0 Å². The number of piperidine rings is 1. The summed E-state index contributed by atoms with van der Waals surface area (Å²) in [6.07, 6.45) is 6.15. The molecule has 0 saturated carbocycles. The normalized spacial score (nSPS) is 21.9. The summed E-state index contributed by atoms with van der Waals surface area (Å²) in [4.78, 5) is 44.8. The summed E-state index contributed by atoms with van der Waals surface area (Å²) < 4.78 is 0. The summed E-state index contributed by atoms with van der Waals surface area (Å²) in [6, 6.07) is 7.76. The van der Waals surface area contributed by atoms with Gasteiger partial charge in [0.25, 0.3) is 5.91 Å². The molecule has 34 heavy (non-hydrogen) atoms. The van der Waals surface area contributed by atoms with Gasteiger partial charge in [-0.2, -0.15) is 0 Å². The van der Waals surface area contributed by atoms with Crippen molar-refractivity contribution < 1.29 is 14.4 Å². The Hall–Kier alpha value is -2.67. The molecular formula is C27H40N4O3. The number of amides is 4. The minimum Gasteiger partial charge on any atom is -0.339 e. The van der Waals surface area contributed by atoms with Gasteiger partial charge in [-0.05, 0) is 75.9 Å². The number of nitrogens with zero attached hydrogens (tertiary/aromatic N) is 3. The molecule has 186 valence electrons. The van der Waals surface area contributed by atoms with Crippen molar-refractivity contribution in [3.8, 4) is 0 Å². The van der Waals surface area contributed by atoms with Crippen LogP contribution in [0.15, 0.2) is 36.4 Å². The van der Waals surface area contributed by atoms with E-state index in [4.69, 9.17) is 0 Å². The molecule has 1 atom stereocenters. The summed E-state index contributed by atoms with van der Waals surface area (Å²) in [5, 5.41) is 3.14. The molecule has 2 saturated heterocycles. The Morgan fingerprint density at radius 3 is 2.50 bits per heavy atom. The quantitative estimate of drug-likeness (QED) is 0.446. The molecule has 0 aromatic heterocycles. The summed E-state index contributed by atoms with van der Waals surface area (Å²) in [6.45, 7) is 8.54. The van der Waals surface area contributed by atoms with Crippen molar-refractivity contribution >= 4 is 17.8 Å². The Labute approximate surface area is 204 Å². The van der Waals surface area contributed by atoms with E-state index in [0.717, 1.165) is 24.1 Å². The van der Waals surface area contributed by atoms with Gasteiger partial charge < -0.3 is 15.1 Å². The van der Waals surface area contributed by atoms with Crippen LogP contribution in [-0.2, 0) is 16.0 Å². The van der Waals surface area contributed by atoms with Crippen molar-refractivity contribution in [2.24, 2.45) is 11.8 Å². The van der Waals surface area contributed by atoms with Crippen LogP contribution in [-0.4, -0.2) is 78.4 Å². The lowest BCUT2D eigenvalue weighted by Crippen LogP contribution is -2.58. The molecule has 7 nitrogen and oxygen atoms in total. The van der Waals surface area contributed by atoms with Gasteiger partial charge in [0.1, 0.15) is 5.54 Å². The summed E-state index contributed by atoms with van der Waals surface area (Å²) in [5.74, 6) is 0.195. The number of urea groups is 1. The Balaban J connectivity index is 1.81. The molecule has 2 heterocycles. The highest BCUT2D eigenvalue weighted by atomic mass is 16.2. The zero-order valence-corrected chi connectivity index (χ0v) is 21.3. The maximum atomic E-state index is 13.9. The number of allylic oxidation sites excluding steroid dienone is 1. The minimum atomic E-state index is -0.968.